The third-order valence-electron chi connectivity index (χ3n) is 2.14. The van der Waals surface area contributed by atoms with E-state index < -0.39 is 0 Å². The van der Waals surface area contributed by atoms with Crippen LogP contribution in [0.2, 0.25) is 0 Å². The van der Waals surface area contributed by atoms with E-state index >= 15 is 0 Å². The summed E-state index contributed by atoms with van der Waals surface area (Å²) >= 11 is 1.68. The minimum absolute atomic E-state index is 0.942. The summed E-state index contributed by atoms with van der Waals surface area (Å²) in [6, 6.07) is 3.89. The largest absolute Gasteiger partial charge is 0.330 e. The second-order valence-corrected chi connectivity index (χ2v) is 4.45. The maximum Gasteiger partial charge on any atom is 0.187 e. The van der Waals surface area contributed by atoms with Crippen LogP contribution in [0.15, 0.2) is 24.5 Å². The average Bonchev–Trinajstić information content (AvgIpc) is 2.60. The van der Waals surface area contributed by atoms with Gasteiger partial charge in [0.1, 0.15) is 0 Å². The van der Waals surface area contributed by atoms with E-state index in [1.54, 1.807) is 23.7 Å². The maximum atomic E-state index is 4.50. The molecule has 0 atom stereocenters. The Hall–Kier alpha value is -1.42. The molecule has 0 aromatic carbocycles. The van der Waals surface area contributed by atoms with Gasteiger partial charge < -0.3 is 5.32 Å². The lowest BCUT2D eigenvalue weighted by molar-refractivity contribution is 1.05. The van der Waals surface area contributed by atoms with Gasteiger partial charge in [-0.05, 0) is 25.5 Å². The first-order chi connectivity index (χ1) is 7.29. The van der Waals surface area contributed by atoms with Gasteiger partial charge in [-0.15, -0.1) is 11.3 Å². The van der Waals surface area contributed by atoms with Crippen LogP contribution in [0.25, 0.3) is 0 Å². The van der Waals surface area contributed by atoms with Crippen LogP contribution in [0.3, 0.4) is 0 Å². The highest BCUT2D eigenvalue weighted by molar-refractivity contribution is 7.15. The summed E-state index contributed by atoms with van der Waals surface area (Å²) in [6.45, 7) is 4.22. The van der Waals surface area contributed by atoms with Gasteiger partial charge >= 0.3 is 0 Å². The van der Waals surface area contributed by atoms with Crippen molar-refractivity contribution in [2.75, 3.05) is 5.32 Å². The molecule has 0 radical (unpaired) electrons. The fraction of sp³-hybridized carbons (Fsp3) is 0.273. The molecular weight excluding hydrogens is 206 g/mol. The van der Waals surface area contributed by atoms with E-state index in [9.17, 15) is 0 Å². The molecule has 2 aromatic heterocycles. The minimum atomic E-state index is 0.942. The van der Waals surface area contributed by atoms with Gasteiger partial charge in [-0.1, -0.05) is 6.92 Å². The Morgan fingerprint density at radius 2 is 2.33 bits per heavy atom. The summed E-state index contributed by atoms with van der Waals surface area (Å²) in [4.78, 5) is 9.83. The molecular formula is C11H13N3S. The smallest absolute Gasteiger partial charge is 0.187 e. The van der Waals surface area contributed by atoms with Crippen molar-refractivity contribution in [2.45, 2.75) is 20.3 Å². The lowest BCUT2D eigenvalue weighted by atomic mass is 10.3. The third kappa shape index (κ3) is 2.33. The van der Waals surface area contributed by atoms with E-state index in [-0.39, 0.29) is 0 Å². The molecule has 0 aliphatic heterocycles. The Kier molecular flexibility index (Phi) is 2.97. The molecule has 1 N–H and O–H groups in total. The molecule has 2 aromatic rings. The predicted molar refractivity (Wildman–Crippen MR) is 63.7 cm³/mol. The van der Waals surface area contributed by atoms with Crippen molar-refractivity contribution in [3.8, 4) is 0 Å². The van der Waals surface area contributed by atoms with Crippen LogP contribution in [0.5, 0.6) is 0 Å². The molecule has 2 heterocycles. The first-order valence-electron chi connectivity index (χ1n) is 4.93. The van der Waals surface area contributed by atoms with Crippen LogP contribution >= 0.6 is 11.3 Å². The molecule has 0 spiro atoms. The van der Waals surface area contributed by atoms with Crippen molar-refractivity contribution in [3.05, 3.63) is 35.1 Å². The van der Waals surface area contributed by atoms with Gasteiger partial charge in [-0.2, -0.15) is 0 Å². The van der Waals surface area contributed by atoms with Gasteiger partial charge in [0, 0.05) is 11.1 Å². The minimum Gasteiger partial charge on any atom is -0.330 e. The van der Waals surface area contributed by atoms with Crippen molar-refractivity contribution in [3.63, 3.8) is 0 Å². The van der Waals surface area contributed by atoms with E-state index in [0.29, 0.717) is 0 Å². The molecule has 0 amide bonds. The zero-order valence-electron chi connectivity index (χ0n) is 8.82. The van der Waals surface area contributed by atoms with Crippen LogP contribution in [0, 0.1) is 6.92 Å². The number of thiazole rings is 1. The second kappa shape index (κ2) is 4.40. The highest BCUT2D eigenvalue weighted by atomic mass is 32.1. The number of hydrogen-bond donors (Lipinski definition) is 1. The Morgan fingerprint density at radius 1 is 1.47 bits per heavy atom. The highest BCUT2D eigenvalue weighted by Crippen LogP contribution is 2.25. The van der Waals surface area contributed by atoms with E-state index in [4.69, 9.17) is 0 Å². The van der Waals surface area contributed by atoms with E-state index in [1.807, 2.05) is 12.1 Å². The summed E-state index contributed by atoms with van der Waals surface area (Å²) in [5, 5.41) is 4.19. The standard InChI is InChI=1S/C11H13N3S/c1-3-10-8(2)15-11(14-10)13-9-5-4-6-12-7-9/h4-7H,3H2,1-2H3,(H,13,14). The van der Waals surface area contributed by atoms with E-state index in [2.05, 4.69) is 29.1 Å². The van der Waals surface area contributed by atoms with Crippen LogP contribution in [-0.4, -0.2) is 9.97 Å². The second-order valence-electron chi connectivity index (χ2n) is 3.24. The van der Waals surface area contributed by atoms with Crippen LogP contribution < -0.4 is 5.32 Å². The lowest BCUT2D eigenvalue weighted by Gasteiger charge is -1.99. The number of nitrogens with zero attached hydrogens (tertiary/aromatic N) is 2. The number of aromatic nitrogens is 2. The van der Waals surface area contributed by atoms with E-state index in [0.717, 1.165) is 17.2 Å². The molecule has 0 unspecified atom stereocenters. The summed E-state index contributed by atoms with van der Waals surface area (Å²) in [7, 11) is 0. The normalized spacial score (nSPS) is 10.3. The number of rotatable bonds is 3. The SMILES string of the molecule is CCc1nc(Nc2cccnc2)sc1C. The first kappa shape index (κ1) is 10.1. The van der Waals surface area contributed by atoms with Crippen LogP contribution in [-0.2, 0) is 6.42 Å². The summed E-state index contributed by atoms with van der Waals surface area (Å²) in [5.41, 5.74) is 2.15. The molecule has 0 bridgehead atoms. The molecule has 0 aliphatic rings. The monoisotopic (exact) mass is 219 g/mol. The Bertz CT molecular complexity index is 436. The molecule has 4 heteroatoms. The molecule has 0 saturated carbocycles. The highest BCUT2D eigenvalue weighted by Gasteiger charge is 2.05. The van der Waals surface area contributed by atoms with Crippen LogP contribution in [0.4, 0.5) is 10.8 Å². The summed E-state index contributed by atoms with van der Waals surface area (Å²) in [6.07, 6.45) is 4.54. The molecule has 3 nitrogen and oxygen atoms in total. The molecule has 0 saturated heterocycles. The molecule has 0 fully saturated rings. The topological polar surface area (TPSA) is 37.8 Å². The Morgan fingerprint density at radius 3 is 2.93 bits per heavy atom. The van der Waals surface area contributed by atoms with Crippen molar-refractivity contribution >= 4 is 22.2 Å². The number of anilines is 2. The van der Waals surface area contributed by atoms with Gasteiger partial charge in [0.2, 0.25) is 0 Å². The molecule has 2 rings (SSSR count). The Balaban J connectivity index is 2.18. The molecule has 0 aliphatic carbocycles. The molecule has 15 heavy (non-hydrogen) atoms. The van der Waals surface area contributed by atoms with E-state index in [1.165, 1.54) is 10.6 Å². The van der Waals surface area contributed by atoms with Gasteiger partial charge in [0.15, 0.2) is 5.13 Å². The number of aryl methyl sites for hydroxylation is 2. The summed E-state index contributed by atoms with van der Waals surface area (Å²) < 4.78 is 0. The van der Waals surface area contributed by atoms with Gasteiger partial charge in [0.05, 0.1) is 17.6 Å². The number of nitrogens with one attached hydrogen (secondary N) is 1. The number of hydrogen-bond acceptors (Lipinski definition) is 4. The lowest BCUT2D eigenvalue weighted by Crippen LogP contribution is -1.90. The van der Waals surface area contributed by atoms with Crippen molar-refractivity contribution in [2.24, 2.45) is 0 Å². The number of pyridine rings is 1. The van der Waals surface area contributed by atoms with Crippen molar-refractivity contribution in [1.29, 1.82) is 0 Å². The fourth-order valence-electron chi connectivity index (χ4n) is 1.37. The molecule has 78 valence electrons. The Labute approximate surface area is 93.2 Å². The van der Waals surface area contributed by atoms with Gasteiger partial charge in [-0.25, -0.2) is 4.98 Å². The fourth-order valence-corrected chi connectivity index (χ4v) is 2.29. The van der Waals surface area contributed by atoms with Crippen molar-refractivity contribution < 1.29 is 0 Å². The van der Waals surface area contributed by atoms with Crippen molar-refractivity contribution in [1.82, 2.24) is 9.97 Å². The van der Waals surface area contributed by atoms with Crippen LogP contribution in [0.1, 0.15) is 17.5 Å². The quantitative estimate of drug-likeness (QED) is 0.861. The zero-order valence-corrected chi connectivity index (χ0v) is 9.64. The maximum absolute atomic E-state index is 4.50. The average molecular weight is 219 g/mol. The first-order valence-corrected chi connectivity index (χ1v) is 5.74. The third-order valence-corrected chi connectivity index (χ3v) is 3.07. The zero-order chi connectivity index (χ0) is 10.7. The summed E-state index contributed by atoms with van der Waals surface area (Å²) in [5.74, 6) is 0. The predicted octanol–water partition coefficient (Wildman–Crippen LogP) is 3.15. The van der Waals surface area contributed by atoms with Gasteiger partial charge in [-0.3, -0.25) is 4.98 Å². The van der Waals surface area contributed by atoms with Gasteiger partial charge in [0.25, 0.3) is 0 Å².